The van der Waals surface area contributed by atoms with Crippen molar-refractivity contribution in [3.05, 3.63) is 46.4 Å². The number of benzene rings is 1. The van der Waals surface area contributed by atoms with Crippen LogP contribution in [-0.2, 0) is 21.8 Å². The molecule has 0 fully saturated rings. The molecule has 0 saturated carbocycles. The number of hydrogen-bond acceptors (Lipinski definition) is 5. The van der Waals surface area contributed by atoms with E-state index in [0.717, 1.165) is 22.0 Å². The van der Waals surface area contributed by atoms with Crippen LogP contribution in [0.2, 0.25) is 0 Å². The fraction of sp³-hybridized carbons (Fsp3) is 0.312. The summed E-state index contributed by atoms with van der Waals surface area (Å²) in [5.74, 6) is 0.505. The van der Waals surface area contributed by atoms with E-state index in [1.54, 1.807) is 29.3 Å². The van der Waals surface area contributed by atoms with Crippen molar-refractivity contribution in [2.45, 2.75) is 25.0 Å². The Kier molecular flexibility index (Phi) is 7.09. The van der Waals surface area contributed by atoms with Crippen LogP contribution in [0.15, 0.2) is 35.8 Å². The SMILES string of the molecule is O=C(O)CCSCc1cccc(NC(=O)CCc2nccs2)c1. The molecule has 0 aliphatic heterocycles. The third-order valence-corrected chi connectivity index (χ3v) is 4.86. The Morgan fingerprint density at radius 2 is 2.17 bits per heavy atom. The van der Waals surface area contributed by atoms with Crippen LogP contribution >= 0.6 is 23.1 Å². The van der Waals surface area contributed by atoms with Gasteiger partial charge in [0.05, 0.1) is 11.4 Å². The van der Waals surface area contributed by atoms with Gasteiger partial charge in [0.1, 0.15) is 0 Å². The number of anilines is 1. The summed E-state index contributed by atoms with van der Waals surface area (Å²) in [6.45, 7) is 0. The van der Waals surface area contributed by atoms with E-state index in [0.29, 0.717) is 18.6 Å². The van der Waals surface area contributed by atoms with Gasteiger partial charge in [-0.3, -0.25) is 9.59 Å². The average Bonchev–Trinajstić information content (AvgIpc) is 3.03. The van der Waals surface area contributed by atoms with Crippen LogP contribution in [0.1, 0.15) is 23.4 Å². The quantitative estimate of drug-likeness (QED) is 0.678. The van der Waals surface area contributed by atoms with Gasteiger partial charge >= 0.3 is 5.97 Å². The molecule has 1 aromatic carbocycles. The van der Waals surface area contributed by atoms with Gasteiger partial charge in [0.25, 0.3) is 0 Å². The molecule has 122 valence electrons. The first-order valence-electron chi connectivity index (χ1n) is 7.20. The summed E-state index contributed by atoms with van der Waals surface area (Å²) in [6.07, 6.45) is 2.96. The molecule has 2 N–H and O–H groups in total. The molecule has 2 rings (SSSR count). The minimum absolute atomic E-state index is 0.0316. The number of nitrogens with zero attached hydrogens (tertiary/aromatic N) is 1. The summed E-state index contributed by atoms with van der Waals surface area (Å²) in [5.41, 5.74) is 1.84. The average molecular weight is 350 g/mol. The number of thioether (sulfide) groups is 1. The van der Waals surface area contributed by atoms with Crippen LogP contribution in [0.3, 0.4) is 0 Å². The lowest BCUT2D eigenvalue weighted by molar-refractivity contribution is -0.136. The Hall–Kier alpha value is -1.86. The Labute approximate surface area is 143 Å². The van der Waals surface area contributed by atoms with E-state index < -0.39 is 5.97 Å². The first-order valence-corrected chi connectivity index (χ1v) is 9.23. The van der Waals surface area contributed by atoms with E-state index in [4.69, 9.17) is 5.11 Å². The second kappa shape index (κ2) is 9.32. The molecule has 1 aromatic heterocycles. The number of carboxylic acid groups (broad SMARTS) is 1. The Morgan fingerprint density at radius 1 is 1.30 bits per heavy atom. The standard InChI is InChI=1S/C16H18N2O3S2/c19-14(4-5-15-17-7-9-23-15)18-13-3-1-2-12(10-13)11-22-8-6-16(20)21/h1-3,7,9-10H,4-6,8,11H2,(H,18,19)(H,20,21). The fourth-order valence-corrected chi connectivity index (χ4v) is 3.41. The molecule has 2 aromatic rings. The second-order valence-electron chi connectivity index (χ2n) is 4.87. The molecular weight excluding hydrogens is 332 g/mol. The molecule has 0 aliphatic rings. The van der Waals surface area contributed by atoms with Gasteiger partial charge in [-0.15, -0.1) is 11.3 Å². The van der Waals surface area contributed by atoms with E-state index in [-0.39, 0.29) is 12.3 Å². The number of carbonyl (C=O) groups is 2. The van der Waals surface area contributed by atoms with Crippen molar-refractivity contribution in [2.24, 2.45) is 0 Å². The molecular formula is C16H18N2O3S2. The third kappa shape index (κ3) is 6.83. The zero-order valence-electron chi connectivity index (χ0n) is 12.5. The van der Waals surface area contributed by atoms with Gasteiger partial charge in [-0.25, -0.2) is 4.98 Å². The number of thiazole rings is 1. The van der Waals surface area contributed by atoms with E-state index >= 15 is 0 Å². The van der Waals surface area contributed by atoms with Crippen LogP contribution in [0.25, 0.3) is 0 Å². The van der Waals surface area contributed by atoms with Crippen molar-refractivity contribution in [1.29, 1.82) is 0 Å². The van der Waals surface area contributed by atoms with Gasteiger partial charge in [-0.05, 0) is 17.7 Å². The van der Waals surface area contributed by atoms with Gasteiger partial charge < -0.3 is 10.4 Å². The molecule has 0 saturated heterocycles. The maximum Gasteiger partial charge on any atom is 0.304 e. The van der Waals surface area contributed by atoms with E-state index in [2.05, 4.69) is 10.3 Å². The van der Waals surface area contributed by atoms with Crippen molar-refractivity contribution >= 4 is 40.7 Å². The zero-order valence-corrected chi connectivity index (χ0v) is 14.2. The molecule has 0 spiro atoms. The van der Waals surface area contributed by atoms with Crippen molar-refractivity contribution in [1.82, 2.24) is 4.98 Å². The topological polar surface area (TPSA) is 79.3 Å². The largest absolute Gasteiger partial charge is 0.481 e. The third-order valence-electron chi connectivity index (χ3n) is 2.99. The van der Waals surface area contributed by atoms with Gasteiger partial charge in [0.15, 0.2) is 0 Å². The molecule has 0 radical (unpaired) electrons. The first kappa shape index (κ1) is 17.5. The lowest BCUT2D eigenvalue weighted by atomic mass is 10.2. The summed E-state index contributed by atoms with van der Waals surface area (Å²) < 4.78 is 0. The number of carbonyl (C=O) groups excluding carboxylic acids is 1. The minimum Gasteiger partial charge on any atom is -0.481 e. The Morgan fingerprint density at radius 3 is 2.91 bits per heavy atom. The second-order valence-corrected chi connectivity index (χ2v) is 6.96. The van der Waals surface area contributed by atoms with Crippen molar-refractivity contribution in [2.75, 3.05) is 11.1 Å². The first-order chi connectivity index (χ1) is 11.1. The normalized spacial score (nSPS) is 10.4. The highest BCUT2D eigenvalue weighted by Gasteiger charge is 2.05. The predicted molar refractivity (Wildman–Crippen MR) is 93.9 cm³/mol. The number of amides is 1. The van der Waals surface area contributed by atoms with Gasteiger partial charge in [-0.2, -0.15) is 11.8 Å². The molecule has 0 atom stereocenters. The summed E-state index contributed by atoms with van der Waals surface area (Å²) in [7, 11) is 0. The molecule has 0 bridgehead atoms. The van der Waals surface area contributed by atoms with Gasteiger partial charge in [0.2, 0.25) is 5.91 Å². The monoisotopic (exact) mass is 350 g/mol. The lowest BCUT2D eigenvalue weighted by Gasteiger charge is -2.07. The smallest absolute Gasteiger partial charge is 0.304 e. The number of aromatic nitrogens is 1. The summed E-state index contributed by atoms with van der Waals surface area (Å²) in [4.78, 5) is 26.6. The molecule has 1 heterocycles. The number of carboxylic acids is 1. The molecule has 0 unspecified atom stereocenters. The predicted octanol–water partition coefficient (Wildman–Crippen LogP) is 3.42. The molecule has 7 heteroatoms. The fourth-order valence-electron chi connectivity index (χ4n) is 1.91. The molecule has 1 amide bonds. The molecule has 23 heavy (non-hydrogen) atoms. The van der Waals surface area contributed by atoms with Crippen molar-refractivity contribution in [3.63, 3.8) is 0 Å². The molecule has 0 aliphatic carbocycles. The highest BCUT2D eigenvalue weighted by atomic mass is 32.2. The number of nitrogens with one attached hydrogen (secondary N) is 1. The van der Waals surface area contributed by atoms with Crippen LogP contribution in [0.4, 0.5) is 5.69 Å². The number of aryl methyl sites for hydroxylation is 1. The van der Waals surface area contributed by atoms with Crippen LogP contribution in [0, 0.1) is 0 Å². The van der Waals surface area contributed by atoms with Crippen molar-refractivity contribution < 1.29 is 14.7 Å². The van der Waals surface area contributed by atoms with Gasteiger partial charge in [-0.1, -0.05) is 12.1 Å². The summed E-state index contributed by atoms with van der Waals surface area (Å²) >= 11 is 3.12. The van der Waals surface area contributed by atoms with E-state index in [9.17, 15) is 9.59 Å². The number of hydrogen-bond donors (Lipinski definition) is 2. The van der Waals surface area contributed by atoms with Crippen molar-refractivity contribution in [3.8, 4) is 0 Å². The van der Waals surface area contributed by atoms with Gasteiger partial charge in [0, 0.05) is 41.6 Å². The number of aliphatic carboxylic acids is 1. The zero-order chi connectivity index (χ0) is 16.5. The van der Waals surface area contributed by atoms with Crippen LogP contribution in [-0.4, -0.2) is 27.7 Å². The number of rotatable bonds is 9. The Bertz CT molecular complexity index is 645. The summed E-state index contributed by atoms with van der Waals surface area (Å²) in [5, 5.41) is 14.4. The summed E-state index contributed by atoms with van der Waals surface area (Å²) in [6, 6.07) is 7.64. The lowest BCUT2D eigenvalue weighted by Crippen LogP contribution is -2.12. The van der Waals surface area contributed by atoms with E-state index in [1.807, 2.05) is 29.6 Å². The van der Waals surface area contributed by atoms with Crippen LogP contribution in [0.5, 0.6) is 0 Å². The maximum atomic E-state index is 11.9. The van der Waals surface area contributed by atoms with E-state index in [1.165, 1.54) is 0 Å². The molecule has 5 nitrogen and oxygen atoms in total. The minimum atomic E-state index is -0.779. The van der Waals surface area contributed by atoms with Crippen LogP contribution < -0.4 is 5.32 Å². The highest BCUT2D eigenvalue weighted by Crippen LogP contribution is 2.17. The highest BCUT2D eigenvalue weighted by molar-refractivity contribution is 7.98. The Balaban J connectivity index is 1.77. The maximum absolute atomic E-state index is 11.9.